The summed E-state index contributed by atoms with van der Waals surface area (Å²) < 4.78 is 44.6. The van der Waals surface area contributed by atoms with Gasteiger partial charge < -0.3 is 14.2 Å². The first-order valence-electron chi connectivity index (χ1n) is 10.5. The Kier molecular flexibility index (Phi) is 5.77. The Balaban J connectivity index is 1.40. The summed E-state index contributed by atoms with van der Waals surface area (Å²) in [6.45, 7) is 3.96. The van der Waals surface area contributed by atoms with Gasteiger partial charge in [0.2, 0.25) is 0 Å². The molecule has 2 fully saturated rings. The number of alkyl halides is 3. The van der Waals surface area contributed by atoms with Gasteiger partial charge in [-0.1, -0.05) is 6.07 Å². The fraction of sp³-hybridized carbons (Fsp3) is 0.500. The second-order valence-corrected chi connectivity index (χ2v) is 8.10. The minimum atomic E-state index is -4.49. The number of carbonyl (C=O) groups excluding carboxylic acids is 2. The number of rotatable bonds is 3. The smallest absolute Gasteiger partial charge is 0.416 e. The fourth-order valence-electron chi connectivity index (χ4n) is 4.20. The van der Waals surface area contributed by atoms with E-state index in [1.54, 1.807) is 16.7 Å². The SMILES string of the molecule is Cc1oc(C2CCN(C(=O)c3cccc(C(F)(F)F)c3)CC2)nc1C(=O)N1CCCC1. The van der Waals surface area contributed by atoms with Crippen molar-refractivity contribution in [1.29, 1.82) is 0 Å². The van der Waals surface area contributed by atoms with Gasteiger partial charge in [-0.2, -0.15) is 13.2 Å². The second kappa shape index (κ2) is 8.36. The molecule has 1 aromatic heterocycles. The predicted molar refractivity (Wildman–Crippen MR) is 106 cm³/mol. The monoisotopic (exact) mass is 435 g/mol. The first-order valence-corrected chi connectivity index (χ1v) is 10.5. The number of halogens is 3. The summed E-state index contributed by atoms with van der Waals surface area (Å²) in [6.07, 6.45) is -1.36. The molecule has 4 rings (SSSR count). The van der Waals surface area contributed by atoms with Crippen LogP contribution in [-0.4, -0.2) is 52.8 Å². The number of benzene rings is 1. The van der Waals surface area contributed by atoms with Crippen LogP contribution in [0.2, 0.25) is 0 Å². The minimum Gasteiger partial charge on any atom is -0.445 e. The molecule has 1 aromatic carbocycles. The number of amides is 2. The summed E-state index contributed by atoms with van der Waals surface area (Å²) in [5.74, 6) is 0.421. The van der Waals surface area contributed by atoms with E-state index in [2.05, 4.69) is 4.98 Å². The molecule has 2 aromatic rings. The van der Waals surface area contributed by atoms with E-state index < -0.39 is 17.6 Å². The lowest BCUT2D eigenvalue weighted by molar-refractivity contribution is -0.137. The predicted octanol–water partition coefficient (Wildman–Crippen LogP) is 4.26. The Bertz CT molecular complexity index is 972. The molecule has 6 nitrogen and oxygen atoms in total. The topological polar surface area (TPSA) is 66.7 Å². The van der Waals surface area contributed by atoms with E-state index in [9.17, 15) is 22.8 Å². The van der Waals surface area contributed by atoms with Crippen molar-refractivity contribution in [3.63, 3.8) is 0 Å². The van der Waals surface area contributed by atoms with Gasteiger partial charge in [-0.05, 0) is 50.8 Å². The average molecular weight is 435 g/mol. The van der Waals surface area contributed by atoms with Gasteiger partial charge in [-0.3, -0.25) is 9.59 Å². The largest absolute Gasteiger partial charge is 0.445 e. The van der Waals surface area contributed by atoms with Gasteiger partial charge >= 0.3 is 6.18 Å². The minimum absolute atomic E-state index is 0.0266. The van der Waals surface area contributed by atoms with E-state index in [0.29, 0.717) is 43.3 Å². The van der Waals surface area contributed by atoms with E-state index in [4.69, 9.17) is 4.42 Å². The summed E-state index contributed by atoms with van der Waals surface area (Å²) in [6, 6.07) is 4.49. The van der Waals surface area contributed by atoms with E-state index in [-0.39, 0.29) is 17.4 Å². The van der Waals surface area contributed by atoms with Crippen molar-refractivity contribution < 1.29 is 27.2 Å². The summed E-state index contributed by atoms with van der Waals surface area (Å²) >= 11 is 0. The Morgan fingerprint density at radius 1 is 1.03 bits per heavy atom. The van der Waals surface area contributed by atoms with Crippen LogP contribution in [0.3, 0.4) is 0 Å². The van der Waals surface area contributed by atoms with Crippen LogP contribution >= 0.6 is 0 Å². The zero-order valence-corrected chi connectivity index (χ0v) is 17.2. The van der Waals surface area contributed by atoms with Gasteiger partial charge in [0.05, 0.1) is 5.56 Å². The number of aryl methyl sites for hydroxylation is 1. The molecule has 0 radical (unpaired) electrons. The average Bonchev–Trinajstić information content (AvgIpc) is 3.42. The Morgan fingerprint density at radius 3 is 2.32 bits per heavy atom. The van der Waals surface area contributed by atoms with Crippen LogP contribution in [-0.2, 0) is 6.18 Å². The zero-order chi connectivity index (χ0) is 22.2. The number of oxazole rings is 1. The third-order valence-corrected chi connectivity index (χ3v) is 5.98. The number of carbonyl (C=O) groups is 2. The second-order valence-electron chi connectivity index (χ2n) is 8.10. The Morgan fingerprint density at radius 2 is 1.68 bits per heavy atom. The van der Waals surface area contributed by atoms with Crippen molar-refractivity contribution in [3.05, 3.63) is 52.7 Å². The van der Waals surface area contributed by atoms with Gasteiger partial charge in [0.25, 0.3) is 11.8 Å². The third-order valence-electron chi connectivity index (χ3n) is 5.98. The Labute approximate surface area is 178 Å². The lowest BCUT2D eigenvalue weighted by Crippen LogP contribution is -2.38. The molecule has 0 saturated carbocycles. The van der Waals surface area contributed by atoms with Gasteiger partial charge in [0.15, 0.2) is 11.6 Å². The fourth-order valence-corrected chi connectivity index (χ4v) is 4.20. The molecular weight excluding hydrogens is 411 g/mol. The molecular formula is C22H24F3N3O3. The van der Waals surface area contributed by atoms with E-state index in [1.807, 2.05) is 0 Å². The van der Waals surface area contributed by atoms with Crippen molar-refractivity contribution >= 4 is 11.8 Å². The van der Waals surface area contributed by atoms with E-state index in [0.717, 1.165) is 38.1 Å². The molecule has 2 amide bonds. The van der Waals surface area contributed by atoms with Crippen LogP contribution in [0.15, 0.2) is 28.7 Å². The number of aromatic nitrogens is 1. The standard InChI is InChI=1S/C22H24F3N3O3/c1-14-18(21(30)27-9-2-3-10-27)26-19(31-14)15-7-11-28(12-8-15)20(29)16-5-4-6-17(13-16)22(23,24)25/h4-6,13,15H,2-3,7-12H2,1H3. The van der Waals surface area contributed by atoms with E-state index >= 15 is 0 Å². The van der Waals surface area contributed by atoms with Crippen LogP contribution in [0.1, 0.15) is 69.7 Å². The quantitative estimate of drug-likeness (QED) is 0.723. The van der Waals surface area contributed by atoms with Gasteiger partial charge in [0.1, 0.15) is 5.76 Å². The van der Waals surface area contributed by atoms with Crippen molar-refractivity contribution in [3.8, 4) is 0 Å². The van der Waals surface area contributed by atoms with Crippen molar-refractivity contribution in [1.82, 2.24) is 14.8 Å². The highest BCUT2D eigenvalue weighted by atomic mass is 19.4. The molecule has 0 N–H and O–H groups in total. The maximum atomic E-state index is 12.9. The highest BCUT2D eigenvalue weighted by Gasteiger charge is 2.33. The summed E-state index contributed by atoms with van der Waals surface area (Å²) in [7, 11) is 0. The highest BCUT2D eigenvalue weighted by Crippen LogP contribution is 2.32. The molecule has 0 unspecified atom stereocenters. The lowest BCUT2D eigenvalue weighted by Gasteiger charge is -2.30. The van der Waals surface area contributed by atoms with Crippen molar-refractivity contribution in [2.45, 2.75) is 44.7 Å². The van der Waals surface area contributed by atoms with Crippen molar-refractivity contribution in [2.75, 3.05) is 26.2 Å². The molecule has 2 saturated heterocycles. The first-order chi connectivity index (χ1) is 14.7. The summed E-state index contributed by atoms with van der Waals surface area (Å²) in [4.78, 5) is 33.1. The van der Waals surface area contributed by atoms with Gasteiger partial charge in [0, 0.05) is 37.7 Å². The maximum Gasteiger partial charge on any atom is 0.416 e. The van der Waals surface area contributed by atoms with Crippen LogP contribution in [0.25, 0.3) is 0 Å². The van der Waals surface area contributed by atoms with E-state index in [1.165, 1.54) is 12.1 Å². The molecule has 0 aliphatic carbocycles. The highest BCUT2D eigenvalue weighted by molar-refractivity contribution is 5.94. The zero-order valence-electron chi connectivity index (χ0n) is 17.2. The number of piperidine rings is 1. The first kappa shape index (κ1) is 21.4. The molecule has 0 spiro atoms. The van der Waals surface area contributed by atoms with Crippen LogP contribution < -0.4 is 0 Å². The Hall–Kier alpha value is -2.84. The normalized spacial score (nSPS) is 17.9. The summed E-state index contributed by atoms with van der Waals surface area (Å²) in [5, 5.41) is 0. The molecule has 0 atom stereocenters. The number of nitrogens with zero attached hydrogens (tertiary/aromatic N) is 3. The maximum absolute atomic E-state index is 12.9. The number of likely N-dealkylation sites (tertiary alicyclic amines) is 2. The summed E-state index contributed by atoms with van der Waals surface area (Å²) in [5.41, 5.74) is -0.461. The lowest BCUT2D eigenvalue weighted by atomic mass is 9.96. The molecule has 2 aliphatic rings. The molecule has 9 heteroatoms. The third kappa shape index (κ3) is 4.45. The molecule has 2 aliphatic heterocycles. The van der Waals surface area contributed by atoms with Crippen LogP contribution in [0.4, 0.5) is 13.2 Å². The van der Waals surface area contributed by atoms with Crippen LogP contribution in [0.5, 0.6) is 0 Å². The molecule has 31 heavy (non-hydrogen) atoms. The number of hydrogen-bond donors (Lipinski definition) is 0. The van der Waals surface area contributed by atoms with Crippen molar-refractivity contribution in [2.24, 2.45) is 0 Å². The molecule has 3 heterocycles. The van der Waals surface area contributed by atoms with Gasteiger partial charge in [-0.25, -0.2) is 4.98 Å². The van der Waals surface area contributed by atoms with Gasteiger partial charge in [-0.15, -0.1) is 0 Å². The molecule has 0 bridgehead atoms. The molecule has 166 valence electrons. The number of hydrogen-bond acceptors (Lipinski definition) is 4. The van der Waals surface area contributed by atoms with Crippen LogP contribution in [0, 0.1) is 6.92 Å².